The number of nitrogens with one attached hydrogen (secondary N) is 2. The van der Waals surface area contributed by atoms with Gasteiger partial charge in [0.2, 0.25) is 0 Å². The first-order valence-corrected chi connectivity index (χ1v) is 6.92. The van der Waals surface area contributed by atoms with Gasteiger partial charge in [-0.25, -0.2) is 4.98 Å². The van der Waals surface area contributed by atoms with Crippen LogP contribution in [0.3, 0.4) is 0 Å². The summed E-state index contributed by atoms with van der Waals surface area (Å²) in [6, 6.07) is 9.90. The molecule has 0 saturated carbocycles. The van der Waals surface area contributed by atoms with Crippen LogP contribution in [0.15, 0.2) is 59.8 Å². The van der Waals surface area contributed by atoms with Crippen molar-refractivity contribution in [1.82, 2.24) is 25.3 Å². The molecule has 3 heterocycles. The van der Waals surface area contributed by atoms with E-state index in [0.717, 1.165) is 0 Å². The van der Waals surface area contributed by atoms with Gasteiger partial charge >= 0.3 is 0 Å². The van der Waals surface area contributed by atoms with Gasteiger partial charge in [-0.05, 0) is 24.3 Å². The highest BCUT2D eigenvalue weighted by atomic mass is 16.1. The van der Waals surface area contributed by atoms with Crippen molar-refractivity contribution in [2.45, 2.75) is 6.54 Å². The number of aromatic nitrogens is 4. The SMILES string of the molecule is O=C(NCc1cc(=O)[nH]c(-c2ccccn2)n1)c1ccncc1. The second-order valence-electron chi connectivity index (χ2n) is 4.72. The number of rotatable bonds is 4. The fourth-order valence-corrected chi connectivity index (χ4v) is 2.00. The molecule has 0 unspecified atom stereocenters. The van der Waals surface area contributed by atoms with Crippen LogP contribution in [0, 0.1) is 0 Å². The molecule has 3 aromatic heterocycles. The number of carbonyl (C=O) groups excluding carboxylic acids is 1. The maximum Gasteiger partial charge on any atom is 0.251 e. The monoisotopic (exact) mass is 307 g/mol. The Morgan fingerprint density at radius 3 is 2.70 bits per heavy atom. The number of carbonyl (C=O) groups is 1. The van der Waals surface area contributed by atoms with Crippen molar-refractivity contribution in [2.75, 3.05) is 0 Å². The zero-order chi connectivity index (χ0) is 16.1. The third-order valence-electron chi connectivity index (χ3n) is 3.07. The summed E-state index contributed by atoms with van der Waals surface area (Å²) in [6.07, 6.45) is 4.70. The highest BCUT2D eigenvalue weighted by Crippen LogP contribution is 2.09. The summed E-state index contributed by atoms with van der Waals surface area (Å²) in [6.45, 7) is 0.144. The normalized spacial score (nSPS) is 10.3. The number of amides is 1. The molecule has 114 valence electrons. The van der Waals surface area contributed by atoms with Gasteiger partial charge < -0.3 is 10.3 Å². The Kier molecular flexibility index (Phi) is 4.19. The van der Waals surface area contributed by atoms with Crippen LogP contribution in [0.2, 0.25) is 0 Å². The summed E-state index contributed by atoms with van der Waals surface area (Å²) >= 11 is 0. The van der Waals surface area contributed by atoms with Gasteiger partial charge in [-0.15, -0.1) is 0 Å². The highest BCUT2D eigenvalue weighted by molar-refractivity contribution is 5.93. The van der Waals surface area contributed by atoms with E-state index in [-0.39, 0.29) is 18.0 Å². The lowest BCUT2D eigenvalue weighted by Gasteiger charge is -2.06. The van der Waals surface area contributed by atoms with E-state index >= 15 is 0 Å². The average Bonchev–Trinajstić information content (AvgIpc) is 2.61. The number of hydrogen-bond donors (Lipinski definition) is 2. The van der Waals surface area contributed by atoms with Crippen molar-refractivity contribution in [3.8, 4) is 11.5 Å². The van der Waals surface area contributed by atoms with Gasteiger partial charge in [0, 0.05) is 30.2 Å². The molecule has 0 aliphatic carbocycles. The average molecular weight is 307 g/mol. The lowest BCUT2D eigenvalue weighted by Crippen LogP contribution is -2.24. The molecule has 0 saturated heterocycles. The van der Waals surface area contributed by atoms with Crippen LogP contribution in [-0.4, -0.2) is 25.8 Å². The van der Waals surface area contributed by atoms with Gasteiger partial charge in [0.25, 0.3) is 11.5 Å². The summed E-state index contributed by atoms with van der Waals surface area (Å²) in [7, 11) is 0. The molecular formula is C16H13N5O2. The molecule has 0 bridgehead atoms. The van der Waals surface area contributed by atoms with Crippen LogP contribution in [0.1, 0.15) is 16.1 Å². The van der Waals surface area contributed by atoms with E-state index < -0.39 is 0 Å². The number of pyridine rings is 2. The zero-order valence-electron chi connectivity index (χ0n) is 12.1. The van der Waals surface area contributed by atoms with Crippen molar-refractivity contribution in [3.05, 3.63) is 76.6 Å². The summed E-state index contributed by atoms with van der Waals surface area (Å²) in [4.78, 5) is 38.7. The molecule has 0 fully saturated rings. The third kappa shape index (κ3) is 3.65. The van der Waals surface area contributed by atoms with Gasteiger partial charge in [0.05, 0.1) is 12.2 Å². The molecule has 0 aromatic carbocycles. The van der Waals surface area contributed by atoms with E-state index in [1.165, 1.54) is 6.07 Å². The minimum absolute atomic E-state index is 0.144. The first-order valence-electron chi connectivity index (χ1n) is 6.92. The molecule has 2 N–H and O–H groups in total. The molecule has 3 rings (SSSR count). The molecule has 0 radical (unpaired) electrons. The zero-order valence-corrected chi connectivity index (χ0v) is 12.1. The summed E-state index contributed by atoms with van der Waals surface area (Å²) < 4.78 is 0. The molecule has 1 amide bonds. The molecule has 0 aliphatic heterocycles. The van der Waals surface area contributed by atoms with Crippen LogP contribution in [-0.2, 0) is 6.54 Å². The van der Waals surface area contributed by atoms with E-state index in [4.69, 9.17) is 0 Å². The van der Waals surface area contributed by atoms with Gasteiger partial charge in [-0.1, -0.05) is 6.07 Å². The fourth-order valence-electron chi connectivity index (χ4n) is 2.00. The van der Waals surface area contributed by atoms with E-state index in [1.807, 2.05) is 0 Å². The smallest absolute Gasteiger partial charge is 0.251 e. The number of nitrogens with zero attached hydrogens (tertiary/aromatic N) is 3. The Morgan fingerprint density at radius 1 is 1.13 bits per heavy atom. The van der Waals surface area contributed by atoms with Crippen molar-refractivity contribution in [3.63, 3.8) is 0 Å². The van der Waals surface area contributed by atoms with Crippen molar-refractivity contribution in [1.29, 1.82) is 0 Å². The van der Waals surface area contributed by atoms with Crippen molar-refractivity contribution >= 4 is 5.91 Å². The minimum atomic E-state index is -0.297. The topological polar surface area (TPSA) is 101 Å². The van der Waals surface area contributed by atoms with E-state index in [9.17, 15) is 9.59 Å². The Labute approximate surface area is 131 Å². The highest BCUT2D eigenvalue weighted by Gasteiger charge is 2.08. The molecule has 23 heavy (non-hydrogen) atoms. The van der Waals surface area contributed by atoms with Gasteiger partial charge in [-0.3, -0.25) is 19.6 Å². The van der Waals surface area contributed by atoms with Gasteiger partial charge in [0.15, 0.2) is 5.82 Å². The summed E-state index contributed by atoms with van der Waals surface area (Å²) in [5.41, 5.74) is 1.22. The molecule has 7 heteroatoms. The summed E-state index contributed by atoms with van der Waals surface area (Å²) in [5.74, 6) is 0.111. The van der Waals surface area contributed by atoms with Crippen LogP contribution >= 0.6 is 0 Å². The van der Waals surface area contributed by atoms with Crippen molar-refractivity contribution in [2.24, 2.45) is 0 Å². The lowest BCUT2D eigenvalue weighted by molar-refractivity contribution is 0.0950. The Morgan fingerprint density at radius 2 is 1.96 bits per heavy atom. The van der Waals surface area contributed by atoms with Crippen LogP contribution in [0.25, 0.3) is 11.5 Å². The maximum atomic E-state index is 12.0. The predicted molar refractivity (Wildman–Crippen MR) is 83.5 cm³/mol. The molecular weight excluding hydrogens is 294 g/mol. The summed E-state index contributed by atoms with van der Waals surface area (Å²) in [5, 5.41) is 2.72. The number of hydrogen-bond acceptors (Lipinski definition) is 5. The molecule has 0 spiro atoms. The standard InChI is InChI=1S/C16H13N5O2/c22-14-9-12(10-19-16(23)11-4-7-17-8-5-11)20-15(21-14)13-3-1-2-6-18-13/h1-9H,10H2,(H,19,23)(H,20,21,22). The first-order chi connectivity index (χ1) is 11.2. The third-order valence-corrected chi connectivity index (χ3v) is 3.07. The van der Waals surface area contributed by atoms with Crippen LogP contribution < -0.4 is 10.9 Å². The second kappa shape index (κ2) is 6.61. The Bertz CT molecular complexity index is 862. The maximum absolute atomic E-state index is 12.0. The van der Waals surface area contributed by atoms with Crippen molar-refractivity contribution < 1.29 is 4.79 Å². The molecule has 3 aromatic rings. The van der Waals surface area contributed by atoms with E-state index in [2.05, 4.69) is 25.3 Å². The molecule has 0 atom stereocenters. The van der Waals surface area contributed by atoms with Gasteiger partial charge in [0.1, 0.15) is 5.69 Å². The first kappa shape index (κ1) is 14.6. The molecule has 0 aliphatic rings. The number of H-pyrrole nitrogens is 1. The molecule has 7 nitrogen and oxygen atoms in total. The largest absolute Gasteiger partial charge is 0.346 e. The number of aromatic amines is 1. The minimum Gasteiger partial charge on any atom is -0.346 e. The Balaban J connectivity index is 1.77. The Hall–Kier alpha value is -3.35. The fraction of sp³-hybridized carbons (Fsp3) is 0.0625. The van der Waals surface area contributed by atoms with Gasteiger partial charge in [-0.2, -0.15) is 0 Å². The quantitative estimate of drug-likeness (QED) is 0.753. The van der Waals surface area contributed by atoms with E-state index in [1.54, 1.807) is 48.9 Å². The second-order valence-corrected chi connectivity index (χ2v) is 4.72. The van der Waals surface area contributed by atoms with E-state index in [0.29, 0.717) is 22.8 Å². The van der Waals surface area contributed by atoms with Crippen LogP contribution in [0.5, 0.6) is 0 Å². The van der Waals surface area contributed by atoms with Crippen LogP contribution in [0.4, 0.5) is 0 Å². The lowest BCUT2D eigenvalue weighted by atomic mass is 10.2. The predicted octanol–water partition coefficient (Wildman–Crippen LogP) is 1.16.